The summed E-state index contributed by atoms with van der Waals surface area (Å²) in [6, 6.07) is 13.2. The van der Waals surface area contributed by atoms with Crippen LogP contribution in [0.5, 0.6) is 0 Å². The average molecular weight is 342 g/mol. The number of fused-ring (bicyclic) bond motifs is 1. The third kappa shape index (κ3) is 2.91. The molecule has 3 aromatic rings. The van der Waals surface area contributed by atoms with Gasteiger partial charge >= 0.3 is 0 Å². The first-order chi connectivity index (χ1) is 12.4. The zero-order chi connectivity index (χ0) is 18.3. The molecule has 2 heterocycles. The van der Waals surface area contributed by atoms with Gasteiger partial charge in [-0.1, -0.05) is 26.0 Å². The number of Topliss-reactive ketones (excluding diaryl/α,β-unsaturated/α-hetero) is 1. The SMILES string of the molecule is CC1(C)CC(=O)c2ccc(-n3cnc(-c4cccc(C#N)c4)c3)nc2C1. The second-order valence-corrected chi connectivity index (χ2v) is 7.46. The fourth-order valence-corrected chi connectivity index (χ4v) is 3.41. The van der Waals surface area contributed by atoms with Crippen molar-refractivity contribution in [2.24, 2.45) is 5.41 Å². The van der Waals surface area contributed by atoms with Gasteiger partial charge in [0.15, 0.2) is 5.78 Å². The third-order valence-electron chi connectivity index (χ3n) is 4.68. The number of hydrogen-bond acceptors (Lipinski definition) is 4. The summed E-state index contributed by atoms with van der Waals surface area (Å²) >= 11 is 0. The lowest BCUT2D eigenvalue weighted by atomic mass is 9.76. The number of aromatic nitrogens is 3. The molecule has 5 heteroatoms. The number of nitriles is 1. The van der Waals surface area contributed by atoms with E-state index in [1.807, 2.05) is 41.1 Å². The van der Waals surface area contributed by atoms with E-state index >= 15 is 0 Å². The van der Waals surface area contributed by atoms with Crippen LogP contribution >= 0.6 is 0 Å². The molecule has 5 nitrogen and oxygen atoms in total. The molecule has 1 aromatic carbocycles. The van der Waals surface area contributed by atoms with E-state index in [2.05, 4.69) is 24.9 Å². The highest BCUT2D eigenvalue weighted by atomic mass is 16.1. The highest BCUT2D eigenvalue weighted by Gasteiger charge is 2.32. The molecule has 0 saturated carbocycles. The summed E-state index contributed by atoms with van der Waals surface area (Å²) in [5, 5.41) is 9.06. The molecular weight excluding hydrogens is 324 g/mol. The summed E-state index contributed by atoms with van der Waals surface area (Å²) in [4.78, 5) is 21.5. The van der Waals surface area contributed by atoms with Gasteiger partial charge in [-0.2, -0.15) is 5.26 Å². The quantitative estimate of drug-likeness (QED) is 0.706. The van der Waals surface area contributed by atoms with Gasteiger partial charge in [-0.25, -0.2) is 9.97 Å². The molecule has 0 fully saturated rings. The lowest BCUT2D eigenvalue weighted by Gasteiger charge is -2.29. The number of hydrogen-bond donors (Lipinski definition) is 0. The van der Waals surface area contributed by atoms with E-state index in [1.165, 1.54) is 0 Å². The van der Waals surface area contributed by atoms with E-state index in [0.717, 1.165) is 34.8 Å². The standard InChI is InChI=1S/C21H18N4O/c1-21(2)9-17-16(19(26)10-21)6-7-20(24-17)25-12-18(23-13-25)15-5-3-4-14(8-15)11-22/h3-8,12-13H,9-10H2,1-2H3. The molecule has 26 heavy (non-hydrogen) atoms. The molecule has 0 atom stereocenters. The van der Waals surface area contributed by atoms with Crippen molar-refractivity contribution in [3.05, 3.63) is 65.7 Å². The lowest BCUT2D eigenvalue weighted by Crippen LogP contribution is -2.28. The van der Waals surface area contributed by atoms with Crippen LogP contribution in [0.25, 0.3) is 17.1 Å². The smallest absolute Gasteiger partial charge is 0.165 e. The van der Waals surface area contributed by atoms with Crippen LogP contribution in [0.2, 0.25) is 0 Å². The lowest BCUT2D eigenvalue weighted by molar-refractivity contribution is 0.0910. The first-order valence-corrected chi connectivity index (χ1v) is 8.53. The van der Waals surface area contributed by atoms with E-state index in [-0.39, 0.29) is 11.2 Å². The van der Waals surface area contributed by atoms with Crippen molar-refractivity contribution in [2.75, 3.05) is 0 Å². The second-order valence-electron chi connectivity index (χ2n) is 7.46. The maximum absolute atomic E-state index is 12.3. The maximum atomic E-state index is 12.3. The average Bonchev–Trinajstić information content (AvgIpc) is 3.10. The Bertz CT molecular complexity index is 1060. The van der Waals surface area contributed by atoms with Crippen LogP contribution in [0.4, 0.5) is 0 Å². The highest BCUT2D eigenvalue weighted by Crippen LogP contribution is 2.34. The molecule has 0 N–H and O–H groups in total. The minimum atomic E-state index is -0.0620. The Kier molecular flexibility index (Phi) is 3.69. The Labute approximate surface area is 152 Å². The number of rotatable bonds is 2. The molecule has 0 aliphatic heterocycles. The van der Waals surface area contributed by atoms with E-state index in [9.17, 15) is 4.79 Å². The Morgan fingerprint density at radius 3 is 2.85 bits per heavy atom. The van der Waals surface area contributed by atoms with Gasteiger partial charge < -0.3 is 0 Å². The Balaban J connectivity index is 1.70. The number of benzene rings is 1. The number of carbonyl (C=O) groups excluding carboxylic acids is 1. The van der Waals surface area contributed by atoms with Crippen molar-refractivity contribution in [3.63, 3.8) is 0 Å². The van der Waals surface area contributed by atoms with E-state index in [0.29, 0.717) is 12.0 Å². The monoisotopic (exact) mass is 342 g/mol. The van der Waals surface area contributed by atoms with E-state index < -0.39 is 0 Å². The molecule has 128 valence electrons. The molecule has 0 spiro atoms. The molecule has 1 aliphatic carbocycles. The molecule has 0 unspecified atom stereocenters. The number of carbonyl (C=O) groups is 1. The molecule has 0 bridgehead atoms. The molecule has 0 amide bonds. The van der Waals surface area contributed by atoms with Gasteiger partial charge in [0.25, 0.3) is 0 Å². The summed E-state index contributed by atoms with van der Waals surface area (Å²) in [7, 11) is 0. The van der Waals surface area contributed by atoms with Gasteiger partial charge in [-0.3, -0.25) is 9.36 Å². The fourth-order valence-electron chi connectivity index (χ4n) is 3.41. The summed E-state index contributed by atoms with van der Waals surface area (Å²) < 4.78 is 1.85. The second kappa shape index (κ2) is 5.92. The maximum Gasteiger partial charge on any atom is 0.165 e. The Morgan fingerprint density at radius 2 is 2.04 bits per heavy atom. The van der Waals surface area contributed by atoms with Crippen molar-refractivity contribution in [1.82, 2.24) is 14.5 Å². The summed E-state index contributed by atoms with van der Waals surface area (Å²) in [6.07, 6.45) is 4.94. The van der Waals surface area contributed by atoms with Crippen LogP contribution < -0.4 is 0 Å². The van der Waals surface area contributed by atoms with Gasteiger partial charge in [0.2, 0.25) is 0 Å². The summed E-state index contributed by atoms with van der Waals surface area (Å²) in [5.74, 6) is 0.902. The molecule has 0 saturated heterocycles. The zero-order valence-corrected chi connectivity index (χ0v) is 14.7. The number of imidazole rings is 1. The third-order valence-corrected chi connectivity index (χ3v) is 4.68. The van der Waals surface area contributed by atoms with Gasteiger partial charge in [-0.05, 0) is 36.1 Å². The summed E-state index contributed by atoms with van der Waals surface area (Å²) in [5.41, 5.74) is 3.79. The topological polar surface area (TPSA) is 71.6 Å². The summed E-state index contributed by atoms with van der Waals surface area (Å²) in [6.45, 7) is 4.19. The molecular formula is C21H18N4O. The molecule has 2 aromatic heterocycles. The van der Waals surface area contributed by atoms with Crippen LogP contribution in [0.15, 0.2) is 48.9 Å². The Morgan fingerprint density at radius 1 is 1.19 bits per heavy atom. The number of nitrogens with zero attached hydrogens (tertiary/aromatic N) is 4. The minimum absolute atomic E-state index is 0.0620. The van der Waals surface area contributed by atoms with Gasteiger partial charge in [0.1, 0.15) is 12.1 Å². The first kappa shape index (κ1) is 16.2. The first-order valence-electron chi connectivity index (χ1n) is 8.53. The fraction of sp³-hybridized carbons (Fsp3) is 0.238. The van der Waals surface area contributed by atoms with Gasteiger partial charge in [-0.15, -0.1) is 0 Å². The highest BCUT2D eigenvalue weighted by molar-refractivity contribution is 5.98. The largest absolute Gasteiger partial charge is 0.294 e. The minimum Gasteiger partial charge on any atom is -0.294 e. The van der Waals surface area contributed by atoms with Crippen LogP contribution in [0.3, 0.4) is 0 Å². The van der Waals surface area contributed by atoms with Crippen molar-refractivity contribution in [1.29, 1.82) is 5.26 Å². The van der Waals surface area contributed by atoms with Crippen molar-refractivity contribution in [3.8, 4) is 23.1 Å². The van der Waals surface area contributed by atoms with Crippen LogP contribution in [-0.4, -0.2) is 20.3 Å². The van der Waals surface area contributed by atoms with Crippen molar-refractivity contribution >= 4 is 5.78 Å². The van der Waals surface area contributed by atoms with Crippen LogP contribution in [0, 0.1) is 16.7 Å². The predicted octanol–water partition coefficient (Wildman–Crippen LogP) is 3.96. The normalized spacial score (nSPS) is 15.3. The van der Waals surface area contributed by atoms with Crippen LogP contribution in [-0.2, 0) is 6.42 Å². The molecule has 1 aliphatic rings. The van der Waals surface area contributed by atoms with Crippen LogP contribution in [0.1, 0.15) is 41.9 Å². The van der Waals surface area contributed by atoms with Crippen molar-refractivity contribution in [2.45, 2.75) is 26.7 Å². The number of pyridine rings is 1. The van der Waals surface area contributed by atoms with E-state index in [4.69, 9.17) is 10.2 Å². The van der Waals surface area contributed by atoms with Crippen molar-refractivity contribution < 1.29 is 4.79 Å². The number of ketones is 1. The molecule has 0 radical (unpaired) electrons. The Hall–Kier alpha value is -3.26. The molecule has 4 rings (SSSR count). The van der Waals surface area contributed by atoms with Gasteiger partial charge in [0.05, 0.1) is 23.0 Å². The predicted molar refractivity (Wildman–Crippen MR) is 97.9 cm³/mol. The van der Waals surface area contributed by atoms with Gasteiger partial charge in [0, 0.05) is 23.7 Å². The van der Waals surface area contributed by atoms with E-state index in [1.54, 1.807) is 12.4 Å². The zero-order valence-electron chi connectivity index (χ0n) is 14.7.